The predicted octanol–water partition coefficient (Wildman–Crippen LogP) is 3.17. The summed E-state index contributed by atoms with van der Waals surface area (Å²) in [5.41, 5.74) is 2.31. The summed E-state index contributed by atoms with van der Waals surface area (Å²) in [6, 6.07) is 10.5. The van der Waals surface area contributed by atoms with E-state index in [0.717, 1.165) is 17.5 Å². The molecule has 2 aromatic heterocycles. The lowest BCUT2D eigenvalue weighted by atomic mass is 9.90. The molecule has 5 rings (SSSR count). The van der Waals surface area contributed by atoms with Gasteiger partial charge in [0.25, 0.3) is 5.91 Å². The summed E-state index contributed by atoms with van der Waals surface area (Å²) in [5.74, 6) is 0.435. The van der Waals surface area contributed by atoms with Gasteiger partial charge in [0.1, 0.15) is 6.54 Å². The number of rotatable bonds is 2. The summed E-state index contributed by atoms with van der Waals surface area (Å²) < 4.78 is 10.5. The van der Waals surface area contributed by atoms with Crippen LogP contribution in [0.2, 0.25) is 5.02 Å². The van der Waals surface area contributed by atoms with Crippen LogP contribution in [0.1, 0.15) is 27.7 Å². The Morgan fingerprint density at radius 2 is 2.11 bits per heavy atom. The Balaban J connectivity index is 1.43. The van der Waals surface area contributed by atoms with Crippen LogP contribution in [0.5, 0.6) is 0 Å². The van der Waals surface area contributed by atoms with E-state index in [-0.39, 0.29) is 30.1 Å². The average Bonchev–Trinajstić information content (AvgIpc) is 3.39. The summed E-state index contributed by atoms with van der Waals surface area (Å²) in [6.07, 6.45) is 2.31. The molecule has 2 aliphatic rings. The second-order valence-corrected chi connectivity index (χ2v) is 7.37. The van der Waals surface area contributed by atoms with Crippen LogP contribution in [0, 0.1) is 0 Å². The lowest BCUT2D eigenvalue weighted by Crippen LogP contribution is -2.55. The minimum atomic E-state index is -0.344. The van der Waals surface area contributed by atoms with Gasteiger partial charge >= 0.3 is 0 Å². The number of carbonyl (C=O) groups is 2. The van der Waals surface area contributed by atoms with Crippen molar-refractivity contribution in [1.82, 2.24) is 15.0 Å². The van der Waals surface area contributed by atoms with Crippen molar-refractivity contribution in [2.75, 3.05) is 19.6 Å². The van der Waals surface area contributed by atoms with E-state index in [1.54, 1.807) is 12.1 Å². The van der Waals surface area contributed by atoms with Crippen molar-refractivity contribution in [3.05, 3.63) is 64.5 Å². The van der Waals surface area contributed by atoms with Crippen LogP contribution in [0.4, 0.5) is 0 Å². The summed E-state index contributed by atoms with van der Waals surface area (Å²) in [6.45, 7) is 1.06. The number of furan rings is 1. The highest BCUT2D eigenvalue weighted by Gasteiger charge is 2.39. The van der Waals surface area contributed by atoms with E-state index >= 15 is 0 Å². The van der Waals surface area contributed by atoms with Crippen LogP contribution in [-0.4, -0.2) is 46.4 Å². The zero-order chi connectivity index (χ0) is 19.3. The summed E-state index contributed by atoms with van der Waals surface area (Å²) >= 11 is 6.18. The summed E-state index contributed by atoms with van der Waals surface area (Å²) in [4.78, 5) is 29.0. The first-order chi connectivity index (χ1) is 13.6. The highest BCUT2D eigenvalue weighted by Crippen LogP contribution is 2.35. The molecule has 0 radical (unpaired) electrons. The number of piperazine rings is 1. The number of benzene rings is 1. The van der Waals surface area contributed by atoms with Gasteiger partial charge in [0.2, 0.25) is 11.7 Å². The number of amides is 2. The lowest BCUT2D eigenvalue weighted by Gasteiger charge is -2.44. The van der Waals surface area contributed by atoms with Gasteiger partial charge in [-0.05, 0) is 41.8 Å². The molecule has 1 saturated heterocycles. The normalized spacial score (nSPS) is 18.8. The van der Waals surface area contributed by atoms with Crippen molar-refractivity contribution in [3.8, 4) is 11.5 Å². The molecule has 7 nitrogen and oxygen atoms in total. The molecule has 0 saturated carbocycles. The molecule has 1 atom stereocenters. The van der Waals surface area contributed by atoms with E-state index in [4.69, 9.17) is 20.5 Å². The van der Waals surface area contributed by atoms with Crippen LogP contribution < -0.4 is 0 Å². The van der Waals surface area contributed by atoms with Crippen LogP contribution in [0.25, 0.3) is 11.5 Å². The molecule has 1 unspecified atom stereocenters. The topological polar surface area (TPSA) is 79.8 Å². The number of halogens is 1. The highest BCUT2D eigenvalue weighted by atomic mass is 35.5. The number of hydrogen-bond donors (Lipinski definition) is 0. The average molecular weight is 398 g/mol. The summed E-state index contributed by atoms with van der Waals surface area (Å²) in [5, 5.41) is 4.48. The van der Waals surface area contributed by atoms with Gasteiger partial charge < -0.3 is 18.7 Å². The van der Waals surface area contributed by atoms with E-state index in [2.05, 4.69) is 5.16 Å². The van der Waals surface area contributed by atoms with Gasteiger partial charge in [0, 0.05) is 24.2 Å². The maximum absolute atomic E-state index is 13.0. The summed E-state index contributed by atoms with van der Waals surface area (Å²) in [7, 11) is 0. The Bertz CT molecular complexity index is 1060. The fraction of sp³-hybridized carbons (Fsp3) is 0.250. The van der Waals surface area contributed by atoms with E-state index in [0.29, 0.717) is 29.6 Å². The van der Waals surface area contributed by atoms with Crippen molar-refractivity contribution < 1.29 is 18.5 Å². The van der Waals surface area contributed by atoms with Gasteiger partial charge in [0.05, 0.1) is 12.3 Å². The fourth-order valence-corrected chi connectivity index (χ4v) is 4.10. The second kappa shape index (κ2) is 6.53. The molecule has 0 spiro atoms. The van der Waals surface area contributed by atoms with Crippen molar-refractivity contribution in [3.63, 3.8) is 0 Å². The molecular weight excluding hydrogens is 382 g/mol. The number of carbonyl (C=O) groups excluding carboxylic acids is 2. The van der Waals surface area contributed by atoms with Gasteiger partial charge in [-0.25, -0.2) is 0 Å². The van der Waals surface area contributed by atoms with Crippen molar-refractivity contribution in [2.45, 2.75) is 12.5 Å². The number of aromatic nitrogens is 1. The molecule has 1 aromatic carbocycles. The lowest BCUT2D eigenvalue weighted by molar-refractivity contribution is -0.139. The number of nitrogens with zero attached hydrogens (tertiary/aromatic N) is 3. The molecule has 28 heavy (non-hydrogen) atoms. The van der Waals surface area contributed by atoms with Crippen molar-refractivity contribution in [2.24, 2.45) is 0 Å². The number of fused-ring (bicyclic) bond motifs is 3. The first-order valence-electron chi connectivity index (χ1n) is 8.98. The monoisotopic (exact) mass is 397 g/mol. The molecule has 2 amide bonds. The highest BCUT2D eigenvalue weighted by molar-refractivity contribution is 6.30. The van der Waals surface area contributed by atoms with Crippen LogP contribution >= 0.6 is 11.6 Å². The van der Waals surface area contributed by atoms with Gasteiger partial charge in [0.15, 0.2) is 11.5 Å². The number of hydrogen-bond acceptors (Lipinski definition) is 5. The molecule has 8 heteroatoms. The third-order valence-corrected chi connectivity index (χ3v) is 5.52. The maximum atomic E-state index is 13.0. The minimum absolute atomic E-state index is 0.0220. The quantitative estimate of drug-likeness (QED) is 0.663. The molecule has 4 heterocycles. The predicted molar refractivity (Wildman–Crippen MR) is 99.7 cm³/mol. The van der Waals surface area contributed by atoms with E-state index < -0.39 is 0 Å². The first kappa shape index (κ1) is 17.1. The molecule has 0 N–H and O–H groups in total. The SMILES string of the molecule is O=C(c1cc(-c2ccco2)on1)N1CC(=O)N2CCc3ccc(Cl)cc3C2C1. The third-order valence-electron chi connectivity index (χ3n) is 5.29. The van der Waals surface area contributed by atoms with Crippen molar-refractivity contribution >= 4 is 23.4 Å². The van der Waals surface area contributed by atoms with Gasteiger partial charge in [-0.15, -0.1) is 0 Å². The molecule has 2 aliphatic heterocycles. The van der Waals surface area contributed by atoms with Gasteiger partial charge in [-0.3, -0.25) is 9.59 Å². The Morgan fingerprint density at radius 3 is 2.93 bits per heavy atom. The smallest absolute Gasteiger partial charge is 0.276 e. The second-order valence-electron chi connectivity index (χ2n) is 6.94. The van der Waals surface area contributed by atoms with Crippen LogP contribution in [0.3, 0.4) is 0 Å². The molecular formula is C20H16ClN3O4. The fourth-order valence-electron chi connectivity index (χ4n) is 3.92. The van der Waals surface area contributed by atoms with E-state index in [9.17, 15) is 9.59 Å². The largest absolute Gasteiger partial charge is 0.461 e. The van der Waals surface area contributed by atoms with Crippen LogP contribution in [-0.2, 0) is 11.2 Å². The Kier molecular flexibility index (Phi) is 3.98. The first-order valence-corrected chi connectivity index (χ1v) is 9.35. The Morgan fingerprint density at radius 1 is 1.21 bits per heavy atom. The van der Waals surface area contributed by atoms with E-state index in [1.165, 1.54) is 17.2 Å². The van der Waals surface area contributed by atoms with E-state index in [1.807, 2.05) is 23.1 Å². The third kappa shape index (κ3) is 2.79. The molecule has 0 bridgehead atoms. The molecule has 3 aromatic rings. The Labute approximate surface area is 165 Å². The minimum Gasteiger partial charge on any atom is -0.461 e. The maximum Gasteiger partial charge on any atom is 0.276 e. The van der Waals surface area contributed by atoms with Gasteiger partial charge in [-0.2, -0.15) is 0 Å². The molecule has 0 aliphatic carbocycles. The van der Waals surface area contributed by atoms with Gasteiger partial charge in [-0.1, -0.05) is 22.8 Å². The van der Waals surface area contributed by atoms with Crippen molar-refractivity contribution in [1.29, 1.82) is 0 Å². The Hall–Kier alpha value is -3.06. The van der Waals surface area contributed by atoms with Crippen LogP contribution in [0.15, 0.2) is 51.6 Å². The zero-order valence-corrected chi connectivity index (χ0v) is 15.6. The zero-order valence-electron chi connectivity index (χ0n) is 14.8. The standard InChI is InChI=1S/C20H16ClN3O4/c21-13-4-3-12-5-6-24-16(14(12)8-13)10-23(11-19(24)25)20(26)15-9-18(28-22-15)17-2-1-7-27-17/h1-4,7-9,16H,5-6,10-11H2. The molecule has 1 fully saturated rings. The molecule has 142 valence electrons.